The number of nitrogens with zero attached hydrogens (tertiary/aromatic N) is 1. The molecule has 9 heteroatoms. The number of amides is 1. The summed E-state index contributed by atoms with van der Waals surface area (Å²) < 4.78 is 10.6. The lowest BCUT2D eigenvalue weighted by Gasteiger charge is -2.15. The van der Waals surface area contributed by atoms with E-state index in [1.165, 1.54) is 7.11 Å². The van der Waals surface area contributed by atoms with Crippen LogP contribution in [-0.2, 0) is 0 Å². The first-order valence-electron chi connectivity index (χ1n) is 10.2. The van der Waals surface area contributed by atoms with E-state index in [0.717, 1.165) is 16.6 Å². The number of anilines is 3. The number of methoxy groups -OCH3 is 2. The molecule has 0 unspecified atom stereocenters. The quantitative estimate of drug-likeness (QED) is 0.286. The maximum atomic E-state index is 12.6. The first-order valence-corrected chi connectivity index (χ1v) is 11.0. The lowest BCUT2D eigenvalue weighted by Crippen LogP contribution is -2.19. The first-order chi connectivity index (χ1) is 16.5. The molecule has 0 spiro atoms. The van der Waals surface area contributed by atoms with Crippen molar-refractivity contribution in [2.45, 2.75) is 0 Å². The smallest absolute Gasteiger partial charge is 0.274 e. The first kappa shape index (κ1) is 23.3. The van der Waals surface area contributed by atoms with Crippen LogP contribution in [0.1, 0.15) is 10.5 Å². The topological polar surface area (TPSA) is 84.5 Å². The minimum atomic E-state index is -0.285. The lowest BCUT2D eigenvalue weighted by molar-refractivity contribution is 0.102. The van der Waals surface area contributed by atoms with Gasteiger partial charge in [0.15, 0.2) is 5.11 Å². The summed E-state index contributed by atoms with van der Waals surface area (Å²) in [4.78, 5) is 17.0. The van der Waals surface area contributed by atoms with E-state index in [-0.39, 0.29) is 5.91 Å². The van der Waals surface area contributed by atoms with Crippen molar-refractivity contribution in [3.63, 3.8) is 0 Å². The summed E-state index contributed by atoms with van der Waals surface area (Å²) >= 11 is 11.6. The van der Waals surface area contributed by atoms with Gasteiger partial charge < -0.3 is 25.4 Å². The number of hydrogen-bond donors (Lipinski definition) is 3. The number of hydrogen-bond acceptors (Lipinski definition) is 5. The molecule has 1 heterocycles. The maximum absolute atomic E-state index is 12.6. The van der Waals surface area contributed by atoms with Gasteiger partial charge in [-0.1, -0.05) is 35.9 Å². The molecule has 4 aromatic rings. The predicted molar refractivity (Wildman–Crippen MR) is 141 cm³/mol. The fourth-order valence-electron chi connectivity index (χ4n) is 3.27. The molecule has 0 fully saturated rings. The number of nitrogens with one attached hydrogen (secondary N) is 3. The number of thiocarbonyl (C=S) groups is 1. The van der Waals surface area contributed by atoms with Crippen molar-refractivity contribution in [3.05, 3.63) is 83.5 Å². The summed E-state index contributed by atoms with van der Waals surface area (Å²) in [6.45, 7) is 0. The number of para-hydroxylation sites is 1. The van der Waals surface area contributed by atoms with Gasteiger partial charge in [-0.05, 0) is 54.7 Å². The highest BCUT2D eigenvalue weighted by Crippen LogP contribution is 2.36. The summed E-state index contributed by atoms with van der Waals surface area (Å²) in [5, 5.41) is 10.8. The van der Waals surface area contributed by atoms with E-state index in [2.05, 4.69) is 20.9 Å². The third-order valence-corrected chi connectivity index (χ3v) is 5.45. The Morgan fingerprint density at radius 1 is 0.853 bits per heavy atom. The van der Waals surface area contributed by atoms with Gasteiger partial charge in [-0.2, -0.15) is 0 Å². The lowest BCUT2D eigenvalue weighted by atomic mass is 10.2. The highest BCUT2D eigenvalue weighted by molar-refractivity contribution is 7.80. The Morgan fingerprint density at radius 3 is 2.24 bits per heavy atom. The van der Waals surface area contributed by atoms with Gasteiger partial charge in [-0.25, -0.2) is 4.98 Å². The molecular weight excluding hydrogens is 472 g/mol. The van der Waals surface area contributed by atoms with E-state index in [9.17, 15) is 4.79 Å². The van der Waals surface area contributed by atoms with Gasteiger partial charge in [0.25, 0.3) is 5.91 Å². The van der Waals surface area contributed by atoms with Crippen molar-refractivity contribution in [2.75, 3.05) is 30.2 Å². The SMILES string of the molecule is COc1cc(OC)c(NC(=S)Nc2ccc(NC(=O)c3ccc4ccccc4n3)cc2)cc1Cl. The number of rotatable bonds is 6. The molecule has 0 atom stereocenters. The Bertz CT molecular complexity index is 1360. The molecule has 1 aromatic heterocycles. The molecule has 1 amide bonds. The fourth-order valence-corrected chi connectivity index (χ4v) is 3.74. The maximum Gasteiger partial charge on any atom is 0.274 e. The second kappa shape index (κ2) is 10.4. The molecule has 3 aromatic carbocycles. The highest BCUT2D eigenvalue weighted by Gasteiger charge is 2.12. The standard InChI is InChI=1S/C25H21ClN4O3S/c1-32-22-14-23(33-2)21(13-18(22)26)30-25(34)28-17-10-8-16(9-11-17)27-24(31)20-12-7-15-5-3-4-6-19(15)29-20/h3-14H,1-2H3,(H,27,31)(H2,28,30,34). The van der Waals surface area contributed by atoms with Gasteiger partial charge in [-0.3, -0.25) is 4.79 Å². The number of carbonyl (C=O) groups is 1. The summed E-state index contributed by atoms with van der Waals surface area (Å²) in [6.07, 6.45) is 0. The van der Waals surface area contributed by atoms with Gasteiger partial charge in [0, 0.05) is 22.8 Å². The van der Waals surface area contributed by atoms with E-state index >= 15 is 0 Å². The summed E-state index contributed by atoms with van der Waals surface area (Å²) in [5.41, 5.74) is 3.08. The monoisotopic (exact) mass is 492 g/mol. The Balaban J connectivity index is 1.39. The van der Waals surface area contributed by atoms with Crippen molar-refractivity contribution < 1.29 is 14.3 Å². The number of benzene rings is 3. The molecule has 0 bridgehead atoms. The number of halogens is 1. The van der Waals surface area contributed by atoms with Crippen molar-refractivity contribution >= 4 is 62.8 Å². The van der Waals surface area contributed by atoms with Gasteiger partial charge in [0.1, 0.15) is 17.2 Å². The minimum absolute atomic E-state index is 0.285. The molecule has 3 N–H and O–H groups in total. The second-order valence-electron chi connectivity index (χ2n) is 7.19. The summed E-state index contributed by atoms with van der Waals surface area (Å²) in [7, 11) is 3.08. The van der Waals surface area contributed by atoms with Crippen LogP contribution in [0.15, 0.2) is 72.8 Å². The van der Waals surface area contributed by atoms with Crippen LogP contribution in [0.2, 0.25) is 5.02 Å². The third-order valence-electron chi connectivity index (χ3n) is 4.95. The highest BCUT2D eigenvalue weighted by atomic mass is 35.5. The Morgan fingerprint density at radius 2 is 1.53 bits per heavy atom. The van der Waals surface area contributed by atoms with Crippen molar-refractivity contribution in [3.8, 4) is 11.5 Å². The average molecular weight is 493 g/mol. The van der Waals surface area contributed by atoms with E-state index in [1.807, 2.05) is 30.3 Å². The van der Waals surface area contributed by atoms with Crippen molar-refractivity contribution in [1.29, 1.82) is 0 Å². The molecule has 7 nitrogen and oxygen atoms in total. The van der Waals surface area contributed by atoms with Gasteiger partial charge >= 0.3 is 0 Å². The molecule has 0 radical (unpaired) electrons. The van der Waals surface area contributed by atoms with Crippen LogP contribution >= 0.6 is 23.8 Å². The Labute approximate surface area is 207 Å². The zero-order valence-electron chi connectivity index (χ0n) is 18.4. The van der Waals surface area contributed by atoms with Crippen LogP contribution in [0, 0.1) is 0 Å². The van der Waals surface area contributed by atoms with Crippen LogP contribution in [0.3, 0.4) is 0 Å². The molecule has 172 valence electrons. The van der Waals surface area contributed by atoms with Crippen LogP contribution in [0.4, 0.5) is 17.1 Å². The molecule has 4 rings (SSSR count). The van der Waals surface area contributed by atoms with Crippen LogP contribution < -0.4 is 25.4 Å². The van der Waals surface area contributed by atoms with Crippen LogP contribution in [0.25, 0.3) is 10.9 Å². The van der Waals surface area contributed by atoms with E-state index in [4.69, 9.17) is 33.3 Å². The number of aromatic nitrogens is 1. The molecule has 34 heavy (non-hydrogen) atoms. The zero-order chi connectivity index (χ0) is 24.1. The minimum Gasteiger partial charge on any atom is -0.495 e. The molecular formula is C25H21ClN4O3S. The molecule has 0 saturated carbocycles. The van der Waals surface area contributed by atoms with Crippen molar-refractivity contribution in [2.24, 2.45) is 0 Å². The van der Waals surface area contributed by atoms with E-state index < -0.39 is 0 Å². The number of ether oxygens (including phenoxy) is 2. The molecule has 0 saturated heterocycles. The fraction of sp³-hybridized carbons (Fsp3) is 0.0800. The zero-order valence-corrected chi connectivity index (χ0v) is 20.0. The van der Waals surface area contributed by atoms with Gasteiger partial charge in [0.05, 0.1) is 30.4 Å². The van der Waals surface area contributed by atoms with Gasteiger partial charge in [0.2, 0.25) is 0 Å². The number of pyridine rings is 1. The second-order valence-corrected chi connectivity index (χ2v) is 8.00. The van der Waals surface area contributed by atoms with E-state index in [0.29, 0.717) is 38.7 Å². The number of carbonyl (C=O) groups excluding carboxylic acids is 1. The van der Waals surface area contributed by atoms with E-state index in [1.54, 1.807) is 49.6 Å². The average Bonchev–Trinajstić information content (AvgIpc) is 2.85. The Kier molecular flexibility index (Phi) is 7.10. The van der Waals surface area contributed by atoms with Crippen LogP contribution in [0.5, 0.6) is 11.5 Å². The Hall–Kier alpha value is -3.88. The van der Waals surface area contributed by atoms with Crippen molar-refractivity contribution in [1.82, 2.24) is 4.98 Å². The van der Waals surface area contributed by atoms with Crippen LogP contribution in [-0.4, -0.2) is 30.2 Å². The molecule has 0 aliphatic heterocycles. The molecule has 0 aliphatic carbocycles. The summed E-state index contributed by atoms with van der Waals surface area (Å²) in [6, 6.07) is 21.7. The predicted octanol–water partition coefficient (Wildman–Crippen LogP) is 5.97. The third kappa shape index (κ3) is 5.36. The molecule has 0 aliphatic rings. The van der Waals surface area contributed by atoms with Gasteiger partial charge in [-0.15, -0.1) is 0 Å². The number of fused-ring (bicyclic) bond motifs is 1. The normalized spacial score (nSPS) is 10.4. The summed E-state index contributed by atoms with van der Waals surface area (Å²) in [5.74, 6) is 0.748. The largest absolute Gasteiger partial charge is 0.495 e.